The van der Waals surface area contributed by atoms with Crippen LogP contribution in [-0.2, 0) is 6.54 Å². The molecule has 1 aliphatic rings. The van der Waals surface area contributed by atoms with Crippen LogP contribution >= 0.6 is 12.8 Å². The fraction of sp³-hybridized carbons (Fsp3) is 0.200. The van der Waals surface area contributed by atoms with Gasteiger partial charge in [-0.25, -0.2) is 4.98 Å². The predicted molar refractivity (Wildman–Crippen MR) is 66.0 cm³/mol. The summed E-state index contributed by atoms with van der Waals surface area (Å²) < 4.78 is 3.71. The van der Waals surface area contributed by atoms with Crippen molar-refractivity contribution in [3.05, 3.63) is 30.6 Å². The Morgan fingerprint density at radius 2 is 2.25 bits per heavy atom. The van der Waals surface area contributed by atoms with Crippen molar-refractivity contribution in [3.63, 3.8) is 0 Å². The topological polar surface area (TPSA) is 45.5 Å². The third-order valence-electron chi connectivity index (χ3n) is 2.50. The van der Waals surface area contributed by atoms with Crippen molar-refractivity contribution in [1.82, 2.24) is 19.4 Å². The molecule has 82 valence electrons. The van der Waals surface area contributed by atoms with Crippen LogP contribution in [0.4, 0.5) is 0 Å². The molecule has 16 heavy (non-hydrogen) atoms. The van der Waals surface area contributed by atoms with Crippen molar-refractivity contribution in [2.45, 2.75) is 6.54 Å². The molecule has 1 N–H and O–H groups in total. The lowest BCUT2D eigenvalue weighted by Gasteiger charge is -2.08. The molecule has 3 rings (SSSR count). The van der Waals surface area contributed by atoms with E-state index < -0.39 is 0 Å². The average Bonchev–Trinajstić information content (AvgIpc) is 2.87. The normalized spacial score (nSPS) is 16.4. The van der Waals surface area contributed by atoms with E-state index in [9.17, 15) is 0 Å². The predicted octanol–water partition coefficient (Wildman–Crippen LogP) is 1.06. The Morgan fingerprint density at radius 1 is 1.38 bits per heavy atom. The van der Waals surface area contributed by atoms with Gasteiger partial charge in [0.05, 0.1) is 23.9 Å². The maximum atomic E-state index is 4.33. The molecule has 5 nitrogen and oxygen atoms in total. The maximum absolute atomic E-state index is 4.33. The van der Waals surface area contributed by atoms with Crippen LogP contribution in [0.1, 0.15) is 0 Å². The van der Waals surface area contributed by atoms with Gasteiger partial charge in [0.2, 0.25) is 0 Å². The van der Waals surface area contributed by atoms with Gasteiger partial charge in [0, 0.05) is 0 Å². The fourth-order valence-corrected chi connectivity index (χ4v) is 1.93. The lowest BCUT2D eigenvalue weighted by atomic mass is 10.3. The standard InChI is InChI=1S/C10H11N5S/c16-15-7-12-10(13-15)5-14-6-11-8-3-1-2-4-9(8)14/h1-4,6,16H,5,7H2,(H,12,13). The minimum atomic E-state index is 0.574. The molecular formula is C10H11N5S. The quantitative estimate of drug-likeness (QED) is 0.762. The average molecular weight is 233 g/mol. The molecule has 0 radical (unpaired) electrons. The summed E-state index contributed by atoms with van der Waals surface area (Å²) in [5.74, 6) is 0.901. The SMILES string of the molecule is SN1CN=C(Cn2cnc3ccccc32)N1. The number of nitrogens with zero attached hydrogens (tertiary/aromatic N) is 4. The van der Waals surface area contributed by atoms with E-state index in [1.807, 2.05) is 24.5 Å². The first-order chi connectivity index (χ1) is 7.83. The molecule has 0 spiro atoms. The molecule has 1 aromatic heterocycles. The Balaban J connectivity index is 1.90. The van der Waals surface area contributed by atoms with Crippen LogP contribution in [0.15, 0.2) is 35.6 Å². The Morgan fingerprint density at radius 3 is 3.06 bits per heavy atom. The van der Waals surface area contributed by atoms with E-state index in [2.05, 4.69) is 38.9 Å². The summed E-state index contributed by atoms with van der Waals surface area (Å²) >= 11 is 4.16. The van der Waals surface area contributed by atoms with Crippen molar-refractivity contribution in [2.24, 2.45) is 4.99 Å². The van der Waals surface area contributed by atoms with Crippen molar-refractivity contribution >= 4 is 29.7 Å². The van der Waals surface area contributed by atoms with Gasteiger partial charge in [-0.2, -0.15) is 0 Å². The highest BCUT2D eigenvalue weighted by molar-refractivity contribution is 7.77. The second-order valence-electron chi connectivity index (χ2n) is 3.62. The smallest absolute Gasteiger partial charge is 0.133 e. The van der Waals surface area contributed by atoms with Gasteiger partial charge < -0.3 is 4.57 Å². The number of hydrazine groups is 1. The summed E-state index contributed by atoms with van der Waals surface area (Å²) in [6.45, 7) is 1.27. The van der Waals surface area contributed by atoms with E-state index in [4.69, 9.17) is 0 Å². The third-order valence-corrected chi connectivity index (χ3v) is 2.73. The fourth-order valence-electron chi connectivity index (χ4n) is 1.76. The van der Waals surface area contributed by atoms with Crippen LogP contribution in [-0.4, -0.2) is 26.5 Å². The number of thiol groups is 1. The number of hydrogen-bond donors (Lipinski definition) is 2. The lowest BCUT2D eigenvalue weighted by molar-refractivity contribution is 0.484. The van der Waals surface area contributed by atoms with Crippen LogP contribution in [0.2, 0.25) is 0 Å². The summed E-state index contributed by atoms with van der Waals surface area (Å²) in [7, 11) is 0. The number of aliphatic imine (C=N–C) groups is 1. The first-order valence-electron chi connectivity index (χ1n) is 4.99. The monoisotopic (exact) mass is 233 g/mol. The van der Waals surface area contributed by atoms with Gasteiger partial charge in [0.25, 0.3) is 0 Å². The number of fused-ring (bicyclic) bond motifs is 1. The molecule has 0 bridgehead atoms. The van der Waals surface area contributed by atoms with Crippen molar-refractivity contribution in [1.29, 1.82) is 0 Å². The molecule has 0 unspecified atom stereocenters. The molecular weight excluding hydrogens is 222 g/mol. The van der Waals surface area contributed by atoms with E-state index in [-0.39, 0.29) is 0 Å². The van der Waals surface area contributed by atoms with Gasteiger partial charge in [-0.15, -0.1) is 4.41 Å². The van der Waals surface area contributed by atoms with Crippen LogP contribution in [0.5, 0.6) is 0 Å². The number of imidazole rings is 1. The van der Waals surface area contributed by atoms with Gasteiger partial charge in [-0.1, -0.05) is 24.9 Å². The summed E-state index contributed by atoms with van der Waals surface area (Å²) in [5.41, 5.74) is 5.17. The van der Waals surface area contributed by atoms with E-state index in [0.29, 0.717) is 13.2 Å². The van der Waals surface area contributed by atoms with Crippen LogP contribution in [0.25, 0.3) is 11.0 Å². The highest BCUT2D eigenvalue weighted by atomic mass is 32.1. The summed E-state index contributed by atoms with van der Waals surface area (Å²) in [4.78, 5) is 8.63. The van der Waals surface area contributed by atoms with Crippen LogP contribution < -0.4 is 5.43 Å². The number of para-hydroxylation sites is 2. The van der Waals surface area contributed by atoms with Gasteiger partial charge >= 0.3 is 0 Å². The number of aromatic nitrogens is 2. The van der Waals surface area contributed by atoms with Crippen LogP contribution in [0, 0.1) is 0 Å². The largest absolute Gasteiger partial charge is 0.323 e. The molecule has 0 fully saturated rings. The minimum absolute atomic E-state index is 0.574. The zero-order valence-electron chi connectivity index (χ0n) is 8.54. The molecule has 6 heteroatoms. The van der Waals surface area contributed by atoms with Gasteiger partial charge in [-0.05, 0) is 12.1 Å². The van der Waals surface area contributed by atoms with E-state index >= 15 is 0 Å². The Kier molecular flexibility index (Phi) is 2.30. The molecule has 0 amide bonds. The summed E-state index contributed by atoms with van der Waals surface area (Å²) in [6.07, 6.45) is 1.83. The molecule has 0 saturated heterocycles. The molecule has 1 aliphatic heterocycles. The number of nitrogens with one attached hydrogen (secondary N) is 1. The first kappa shape index (κ1) is 9.68. The number of amidine groups is 1. The highest BCUT2D eigenvalue weighted by Crippen LogP contribution is 2.12. The Hall–Kier alpha value is -1.53. The van der Waals surface area contributed by atoms with Gasteiger partial charge in [-0.3, -0.25) is 10.4 Å². The van der Waals surface area contributed by atoms with E-state index in [0.717, 1.165) is 16.9 Å². The molecule has 2 aromatic rings. The van der Waals surface area contributed by atoms with Crippen molar-refractivity contribution in [2.75, 3.05) is 6.67 Å². The molecule has 0 atom stereocenters. The van der Waals surface area contributed by atoms with Crippen molar-refractivity contribution < 1.29 is 0 Å². The lowest BCUT2D eigenvalue weighted by Crippen LogP contribution is -2.30. The maximum Gasteiger partial charge on any atom is 0.133 e. The highest BCUT2D eigenvalue weighted by Gasteiger charge is 2.12. The second-order valence-corrected chi connectivity index (χ2v) is 4.10. The third kappa shape index (κ3) is 1.66. The van der Waals surface area contributed by atoms with Crippen molar-refractivity contribution in [3.8, 4) is 0 Å². The zero-order valence-corrected chi connectivity index (χ0v) is 9.43. The zero-order chi connectivity index (χ0) is 11.0. The number of rotatable bonds is 2. The molecule has 2 heterocycles. The molecule has 0 saturated carbocycles. The number of hydrogen-bond acceptors (Lipinski definition) is 5. The summed E-state index contributed by atoms with van der Waals surface area (Å²) in [5, 5.41) is 0. The molecule has 0 aliphatic carbocycles. The number of benzene rings is 1. The van der Waals surface area contributed by atoms with Gasteiger partial charge in [0.1, 0.15) is 12.5 Å². The second kappa shape index (κ2) is 3.80. The first-order valence-corrected chi connectivity index (χ1v) is 5.39. The van der Waals surface area contributed by atoms with Gasteiger partial charge in [0.15, 0.2) is 0 Å². The minimum Gasteiger partial charge on any atom is -0.323 e. The summed E-state index contributed by atoms with van der Waals surface area (Å²) in [6, 6.07) is 8.05. The Bertz CT molecular complexity index is 547. The Labute approximate surface area is 98.3 Å². The van der Waals surface area contributed by atoms with E-state index in [1.165, 1.54) is 0 Å². The van der Waals surface area contributed by atoms with Crippen LogP contribution in [0.3, 0.4) is 0 Å². The van der Waals surface area contributed by atoms with E-state index in [1.54, 1.807) is 4.41 Å². The molecule has 1 aromatic carbocycles.